The van der Waals surface area contributed by atoms with Crippen LogP contribution < -0.4 is 0 Å². The lowest BCUT2D eigenvalue weighted by molar-refractivity contribution is -0.145. The van der Waals surface area contributed by atoms with E-state index in [1.807, 2.05) is 19.0 Å². The molecule has 0 amide bonds. The molecule has 0 radical (unpaired) electrons. The zero-order valence-corrected chi connectivity index (χ0v) is 9.53. The van der Waals surface area contributed by atoms with Crippen LogP contribution in [0.4, 0.5) is 0 Å². The Labute approximate surface area is 89.0 Å². The van der Waals surface area contributed by atoms with Gasteiger partial charge in [0.05, 0.1) is 6.42 Å². The van der Waals surface area contributed by atoms with Crippen LogP contribution in [0.2, 0.25) is 0 Å². The van der Waals surface area contributed by atoms with Crippen molar-refractivity contribution in [2.24, 2.45) is 0 Å². The number of hydrogen-bond donors (Lipinski definition) is 1. The minimum absolute atomic E-state index is 0.0377. The number of carbonyl (C=O) groups excluding carboxylic acids is 1. The molecule has 15 heavy (non-hydrogen) atoms. The summed E-state index contributed by atoms with van der Waals surface area (Å²) in [6.45, 7) is 0. The molecule has 88 valence electrons. The minimum atomic E-state index is -4.29. The van der Waals surface area contributed by atoms with Crippen molar-refractivity contribution in [1.29, 1.82) is 0 Å². The van der Waals surface area contributed by atoms with Crippen LogP contribution in [0.1, 0.15) is 19.3 Å². The van der Waals surface area contributed by atoms with Crippen molar-refractivity contribution in [3.8, 4) is 0 Å². The molecule has 2 atom stereocenters. The maximum atomic E-state index is 11.2. The first-order valence-electron chi connectivity index (χ1n) is 4.63. The maximum Gasteiger partial charge on any atom is 0.308 e. The maximum absolute atomic E-state index is 11.2. The van der Waals surface area contributed by atoms with Gasteiger partial charge >= 0.3 is 16.1 Å². The first-order valence-corrected chi connectivity index (χ1v) is 6.13. The second kappa shape index (κ2) is 4.46. The monoisotopic (exact) mass is 237 g/mol. The molecule has 1 rings (SSSR count). The molecular weight excluding hydrogens is 222 g/mol. The van der Waals surface area contributed by atoms with Gasteiger partial charge < -0.3 is 9.64 Å². The number of nitrogens with zero attached hydrogens (tertiary/aromatic N) is 1. The van der Waals surface area contributed by atoms with E-state index in [9.17, 15) is 13.2 Å². The SMILES string of the molecule is CN(C)C1CCC(S(=O)(=O)O)OC(=O)C1. The minimum Gasteiger partial charge on any atom is -0.443 e. The third-order valence-corrected chi connectivity index (χ3v) is 3.46. The Bertz CT molecular complexity index is 337. The largest absolute Gasteiger partial charge is 0.443 e. The molecule has 1 saturated heterocycles. The van der Waals surface area contributed by atoms with Crippen LogP contribution in [0, 0.1) is 0 Å². The highest BCUT2D eigenvalue weighted by molar-refractivity contribution is 7.86. The predicted octanol–water partition coefficient (Wildman–Crippen LogP) is -0.142. The van der Waals surface area contributed by atoms with Crippen LogP contribution in [0.15, 0.2) is 0 Å². The van der Waals surface area contributed by atoms with E-state index in [-0.39, 0.29) is 18.9 Å². The lowest BCUT2D eigenvalue weighted by atomic mass is 10.1. The first-order chi connectivity index (χ1) is 6.80. The zero-order valence-electron chi connectivity index (χ0n) is 8.71. The van der Waals surface area contributed by atoms with E-state index in [2.05, 4.69) is 4.74 Å². The summed E-state index contributed by atoms with van der Waals surface area (Å²) in [5, 5.41) is 0. The van der Waals surface area contributed by atoms with Gasteiger partial charge in [0.1, 0.15) is 0 Å². The molecule has 0 saturated carbocycles. The fraction of sp³-hybridized carbons (Fsp3) is 0.875. The van der Waals surface area contributed by atoms with Crippen molar-refractivity contribution in [2.45, 2.75) is 30.7 Å². The third kappa shape index (κ3) is 3.44. The second-order valence-electron chi connectivity index (χ2n) is 3.83. The molecule has 1 heterocycles. The van der Waals surface area contributed by atoms with Crippen LogP contribution in [0.25, 0.3) is 0 Å². The lowest BCUT2D eigenvalue weighted by Gasteiger charge is -2.20. The van der Waals surface area contributed by atoms with Crippen molar-refractivity contribution in [3.05, 3.63) is 0 Å². The molecule has 0 aromatic heterocycles. The summed E-state index contributed by atoms with van der Waals surface area (Å²) in [5.74, 6) is -0.589. The van der Waals surface area contributed by atoms with Crippen molar-refractivity contribution >= 4 is 16.1 Å². The van der Waals surface area contributed by atoms with E-state index in [1.54, 1.807) is 0 Å². The number of carbonyl (C=O) groups is 1. The Kier molecular flexibility index (Phi) is 3.69. The number of rotatable bonds is 2. The molecule has 1 fully saturated rings. The summed E-state index contributed by atoms with van der Waals surface area (Å²) in [6, 6.07) is -0.0377. The van der Waals surface area contributed by atoms with Crippen LogP contribution in [0.5, 0.6) is 0 Å². The van der Waals surface area contributed by atoms with Crippen LogP contribution in [-0.4, -0.2) is 49.4 Å². The number of hydrogen-bond acceptors (Lipinski definition) is 5. The van der Waals surface area contributed by atoms with Gasteiger partial charge in [-0.25, -0.2) is 0 Å². The Hall–Kier alpha value is -0.660. The molecule has 0 aromatic carbocycles. The first kappa shape index (κ1) is 12.4. The quantitative estimate of drug-likeness (QED) is 0.531. The van der Waals surface area contributed by atoms with E-state index in [4.69, 9.17) is 4.55 Å². The van der Waals surface area contributed by atoms with Gasteiger partial charge in [-0.3, -0.25) is 9.35 Å². The van der Waals surface area contributed by atoms with Gasteiger partial charge in [0.25, 0.3) is 0 Å². The van der Waals surface area contributed by atoms with Crippen molar-refractivity contribution < 1.29 is 22.5 Å². The van der Waals surface area contributed by atoms with E-state index in [0.29, 0.717) is 6.42 Å². The Morgan fingerprint density at radius 1 is 1.40 bits per heavy atom. The molecule has 0 aromatic rings. The summed E-state index contributed by atoms with van der Waals surface area (Å²) in [6.07, 6.45) is 0.787. The fourth-order valence-electron chi connectivity index (χ4n) is 1.53. The predicted molar refractivity (Wildman–Crippen MR) is 52.8 cm³/mol. The summed E-state index contributed by atoms with van der Waals surface area (Å²) in [5.41, 5.74) is -1.41. The summed E-state index contributed by atoms with van der Waals surface area (Å²) in [7, 11) is -0.670. The Morgan fingerprint density at radius 2 is 2.00 bits per heavy atom. The Morgan fingerprint density at radius 3 is 2.47 bits per heavy atom. The third-order valence-electron chi connectivity index (χ3n) is 2.46. The smallest absolute Gasteiger partial charge is 0.308 e. The molecule has 0 spiro atoms. The van der Waals surface area contributed by atoms with Gasteiger partial charge in [-0.1, -0.05) is 0 Å². The number of cyclic esters (lactones) is 1. The summed E-state index contributed by atoms with van der Waals surface area (Å²) in [4.78, 5) is 13.1. The van der Waals surface area contributed by atoms with E-state index in [0.717, 1.165) is 0 Å². The van der Waals surface area contributed by atoms with Gasteiger partial charge in [0.15, 0.2) is 0 Å². The number of esters is 1. The van der Waals surface area contributed by atoms with Crippen molar-refractivity contribution in [3.63, 3.8) is 0 Å². The highest BCUT2D eigenvalue weighted by Gasteiger charge is 2.33. The van der Waals surface area contributed by atoms with Gasteiger partial charge in [-0.05, 0) is 20.5 Å². The molecule has 0 bridgehead atoms. The van der Waals surface area contributed by atoms with Crippen molar-refractivity contribution in [1.82, 2.24) is 4.90 Å². The van der Waals surface area contributed by atoms with E-state index >= 15 is 0 Å². The summed E-state index contributed by atoms with van der Waals surface area (Å²) >= 11 is 0. The fourth-order valence-corrected chi connectivity index (χ4v) is 2.19. The van der Waals surface area contributed by atoms with Crippen LogP contribution >= 0.6 is 0 Å². The van der Waals surface area contributed by atoms with E-state index < -0.39 is 21.5 Å². The molecule has 2 unspecified atom stereocenters. The highest BCUT2D eigenvalue weighted by Crippen LogP contribution is 2.20. The van der Waals surface area contributed by atoms with Gasteiger partial charge in [-0.2, -0.15) is 8.42 Å². The molecule has 1 aliphatic rings. The van der Waals surface area contributed by atoms with E-state index in [1.165, 1.54) is 0 Å². The molecule has 0 aliphatic carbocycles. The number of ether oxygens (including phenoxy) is 1. The second-order valence-corrected chi connectivity index (χ2v) is 5.39. The van der Waals surface area contributed by atoms with Crippen molar-refractivity contribution in [2.75, 3.05) is 14.1 Å². The van der Waals surface area contributed by atoms with Gasteiger partial charge in [0, 0.05) is 12.5 Å². The van der Waals surface area contributed by atoms with Crippen LogP contribution in [0.3, 0.4) is 0 Å². The standard InChI is InChI=1S/C8H15NO5S/c1-9(2)6-3-4-8(15(11,12)13)14-7(10)5-6/h6,8H,3-5H2,1-2H3,(H,11,12,13). The molecular formula is C8H15NO5S. The average Bonchev–Trinajstić information content (AvgIpc) is 2.25. The molecule has 1 N–H and O–H groups in total. The zero-order chi connectivity index (χ0) is 11.6. The average molecular weight is 237 g/mol. The summed E-state index contributed by atoms with van der Waals surface area (Å²) < 4.78 is 35.1. The molecule has 1 aliphatic heterocycles. The highest BCUT2D eigenvalue weighted by atomic mass is 32.2. The van der Waals surface area contributed by atoms with Gasteiger partial charge in [-0.15, -0.1) is 0 Å². The lowest BCUT2D eigenvalue weighted by Crippen LogP contribution is -2.29. The molecule has 6 nitrogen and oxygen atoms in total. The molecule has 7 heteroatoms. The van der Waals surface area contributed by atoms with Gasteiger partial charge in [0.2, 0.25) is 5.44 Å². The van der Waals surface area contributed by atoms with Crippen LogP contribution in [-0.2, 0) is 19.6 Å². The topological polar surface area (TPSA) is 83.9 Å². The Balaban J connectivity index is 2.75. The normalized spacial score (nSPS) is 28.7.